The van der Waals surface area contributed by atoms with Gasteiger partial charge in [0.1, 0.15) is 18.2 Å². The summed E-state index contributed by atoms with van der Waals surface area (Å²) in [6.07, 6.45) is 0. The molecule has 90 valence electrons. The van der Waals surface area contributed by atoms with Gasteiger partial charge in [0, 0.05) is 6.07 Å². The number of anilines is 1. The van der Waals surface area contributed by atoms with Crippen molar-refractivity contribution in [2.75, 3.05) is 5.73 Å². The Morgan fingerprint density at radius 3 is 2.50 bits per heavy atom. The maximum absolute atomic E-state index is 12.8. The van der Waals surface area contributed by atoms with E-state index in [0.717, 1.165) is 5.56 Å². The van der Waals surface area contributed by atoms with E-state index < -0.39 is 5.82 Å². The van der Waals surface area contributed by atoms with Crippen molar-refractivity contribution in [3.63, 3.8) is 0 Å². The Balaban J connectivity index is 2.04. The molecular weight excluding hydrogens is 231 g/mol. The van der Waals surface area contributed by atoms with Crippen molar-refractivity contribution in [1.82, 2.24) is 0 Å². The minimum absolute atomic E-state index is 0.267. The first-order valence-electron chi connectivity index (χ1n) is 5.36. The number of ether oxygens (including phenoxy) is 1. The Hall–Kier alpha value is -2.54. The zero-order chi connectivity index (χ0) is 13.0. The molecule has 2 aromatic rings. The third-order valence-corrected chi connectivity index (χ3v) is 2.45. The van der Waals surface area contributed by atoms with Crippen LogP contribution in [0.2, 0.25) is 0 Å². The maximum atomic E-state index is 12.8. The molecule has 0 aromatic heterocycles. The Morgan fingerprint density at radius 1 is 1.17 bits per heavy atom. The number of nitriles is 1. The molecule has 4 heteroatoms. The summed E-state index contributed by atoms with van der Waals surface area (Å²) >= 11 is 0. The molecule has 3 nitrogen and oxygen atoms in total. The Labute approximate surface area is 104 Å². The monoisotopic (exact) mass is 242 g/mol. The predicted molar refractivity (Wildman–Crippen MR) is 66.3 cm³/mol. The van der Waals surface area contributed by atoms with Crippen LogP contribution in [0.25, 0.3) is 0 Å². The molecule has 18 heavy (non-hydrogen) atoms. The van der Waals surface area contributed by atoms with Crippen LogP contribution in [0.3, 0.4) is 0 Å². The van der Waals surface area contributed by atoms with Gasteiger partial charge in [0.05, 0.1) is 17.3 Å². The molecule has 0 amide bonds. The number of nitrogens with two attached hydrogens (primary N) is 1. The van der Waals surface area contributed by atoms with Crippen molar-refractivity contribution >= 4 is 5.69 Å². The molecule has 2 rings (SSSR count). The molecule has 0 atom stereocenters. The van der Waals surface area contributed by atoms with E-state index in [-0.39, 0.29) is 5.69 Å². The van der Waals surface area contributed by atoms with Crippen LogP contribution in [-0.4, -0.2) is 0 Å². The van der Waals surface area contributed by atoms with Gasteiger partial charge >= 0.3 is 0 Å². The lowest BCUT2D eigenvalue weighted by Gasteiger charge is -2.08. The number of nitrogens with zero attached hydrogens (tertiary/aromatic N) is 1. The number of hydrogen-bond donors (Lipinski definition) is 1. The van der Waals surface area contributed by atoms with E-state index in [2.05, 4.69) is 0 Å². The molecule has 0 heterocycles. The molecule has 2 N–H and O–H groups in total. The Bertz CT molecular complexity index is 588. The van der Waals surface area contributed by atoms with Gasteiger partial charge in [-0.15, -0.1) is 0 Å². The predicted octanol–water partition coefficient (Wildman–Crippen LogP) is 2.86. The average molecular weight is 242 g/mol. The van der Waals surface area contributed by atoms with Gasteiger partial charge in [0.15, 0.2) is 0 Å². The van der Waals surface area contributed by atoms with Crippen molar-refractivity contribution in [1.29, 1.82) is 5.26 Å². The molecule has 0 radical (unpaired) electrons. The number of rotatable bonds is 3. The van der Waals surface area contributed by atoms with Gasteiger partial charge < -0.3 is 10.5 Å². The molecule has 0 saturated heterocycles. The van der Waals surface area contributed by atoms with Crippen molar-refractivity contribution in [2.24, 2.45) is 0 Å². The second-order valence-corrected chi connectivity index (χ2v) is 3.78. The number of benzene rings is 2. The molecule has 0 unspecified atom stereocenters. The van der Waals surface area contributed by atoms with E-state index in [4.69, 9.17) is 15.7 Å². The Kier molecular flexibility index (Phi) is 3.44. The van der Waals surface area contributed by atoms with Crippen LogP contribution in [0.5, 0.6) is 5.75 Å². The van der Waals surface area contributed by atoms with Gasteiger partial charge in [0.25, 0.3) is 0 Å². The van der Waals surface area contributed by atoms with Crippen LogP contribution in [0.15, 0.2) is 42.5 Å². The van der Waals surface area contributed by atoms with Crippen molar-refractivity contribution < 1.29 is 9.13 Å². The number of halogens is 1. The fourth-order valence-electron chi connectivity index (χ4n) is 1.49. The molecule has 2 aromatic carbocycles. The zero-order valence-corrected chi connectivity index (χ0v) is 9.56. The first kappa shape index (κ1) is 11.9. The zero-order valence-electron chi connectivity index (χ0n) is 9.56. The quantitative estimate of drug-likeness (QED) is 0.842. The summed E-state index contributed by atoms with van der Waals surface area (Å²) in [5.74, 6) is 0.0546. The summed E-state index contributed by atoms with van der Waals surface area (Å²) in [6.45, 7) is 0.321. The molecule has 0 aliphatic rings. The van der Waals surface area contributed by atoms with Crippen LogP contribution in [-0.2, 0) is 6.61 Å². The second-order valence-electron chi connectivity index (χ2n) is 3.78. The minimum Gasteiger partial charge on any atom is -0.487 e. The smallest absolute Gasteiger partial charge is 0.142 e. The summed E-state index contributed by atoms with van der Waals surface area (Å²) in [5.41, 5.74) is 7.40. The summed E-state index contributed by atoms with van der Waals surface area (Å²) < 4.78 is 18.3. The fourth-order valence-corrected chi connectivity index (χ4v) is 1.49. The van der Waals surface area contributed by atoms with Gasteiger partial charge in [-0.05, 0) is 29.8 Å². The third kappa shape index (κ3) is 2.77. The van der Waals surface area contributed by atoms with Gasteiger partial charge in [-0.1, -0.05) is 12.1 Å². The molecule has 0 aliphatic carbocycles. The van der Waals surface area contributed by atoms with E-state index >= 15 is 0 Å². The highest BCUT2D eigenvalue weighted by atomic mass is 19.1. The lowest BCUT2D eigenvalue weighted by atomic mass is 10.1. The van der Waals surface area contributed by atoms with E-state index in [1.807, 2.05) is 6.07 Å². The highest BCUT2D eigenvalue weighted by molar-refractivity contribution is 5.52. The molecule has 0 spiro atoms. The first-order chi connectivity index (χ1) is 8.69. The lowest BCUT2D eigenvalue weighted by molar-refractivity contribution is 0.307. The van der Waals surface area contributed by atoms with E-state index in [1.165, 1.54) is 18.2 Å². The molecule has 0 fully saturated rings. The van der Waals surface area contributed by atoms with Gasteiger partial charge in [-0.25, -0.2) is 4.39 Å². The van der Waals surface area contributed by atoms with Crippen LogP contribution >= 0.6 is 0 Å². The van der Waals surface area contributed by atoms with Crippen LogP contribution in [0.4, 0.5) is 10.1 Å². The lowest BCUT2D eigenvalue weighted by Crippen LogP contribution is -1.99. The van der Waals surface area contributed by atoms with Crippen LogP contribution < -0.4 is 10.5 Å². The fraction of sp³-hybridized carbons (Fsp3) is 0.0714. The third-order valence-electron chi connectivity index (χ3n) is 2.45. The maximum Gasteiger partial charge on any atom is 0.142 e. The van der Waals surface area contributed by atoms with E-state index in [9.17, 15) is 4.39 Å². The highest BCUT2D eigenvalue weighted by Gasteiger charge is 2.02. The standard InChI is InChI=1S/C14H11FN2O/c15-12-5-6-14(13(17)7-12)18-9-11-3-1-10(8-16)2-4-11/h1-7H,9,17H2. The van der Waals surface area contributed by atoms with E-state index in [1.54, 1.807) is 24.3 Å². The summed E-state index contributed by atoms with van der Waals surface area (Å²) in [5, 5.41) is 8.67. The number of hydrogen-bond acceptors (Lipinski definition) is 3. The minimum atomic E-state index is -0.391. The highest BCUT2D eigenvalue weighted by Crippen LogP contribution is 2.22. The average Bonchev–Trinajstić information content (AvgIpc) is 2.38. The largest absolute Gasteiger partial charge is 0.487 e. The van der Waals surface area contributed by atoms with Crippen molar-refractivity contribution in [2.45, 2.75) is 6.61 Å². The van der Waals surface area contributed by atoms with Crippen molar-refractivity contribution in [3.05, 3.63) is 59.4 Å². The summed E-state index contributed by atoms with van der Waals surface area (Å²) in [6, 6.07) is 13.1. The van der Waals surface area contributed by atoms with Crippen molar-refractivity contribution in [3.8, 4) is 11.8 Å². The Morgan fingerprint density at radius 2 is 1.89 bits per heavy atom. The summed E-state index contributed by atoms with van der Waals surface area (Å²) in [4.78, 5) is 0. The van der Waals surface area contributed by atoms with Gasteiger partial charge in [-0.3, -0.25) is 0 Å². The van der Waals surface area contributed by atoms with Gasteiger partial charge in [0.2, 0.25) is 0 Å². The molecular formula is C14H11FN2O. The molecule has 0 bridgehead atoms. The van der Waals surface area contributed by atoms with Gasteiger partial charge in [-0.2, -0.15) is 5.26 Å². The second kappa shape index (κ2) is 5.19. The van der Waals surface area contributed by atoms with Crippen LogP contribution in [0, 0.1) is 17.1 Å². The SMILES string of the molecule is N#Cc1ccc(COc2ccc(F)cc2N)cc1. The summed E-state index contributed by atoms with van der Waals surface area (Å²) in [7, 11) is 0. The topological polar surface area (TPSA) is 59.0 Å². The molecule has 0 saturated carbocycles. The normalized spacial score (nSPS) is 9.78. The first-order valence-corrected chi connectivity index (χ1v) is 5.36. The molecule has 0 aliphatic heterocycles. The van der Waals surface area contributed by atoms with Crippen LogP contribution in [0.1, 0.15) is 11.1 Å². The van der Waals surface area contributed by atoms with E-state index in [0.29, 0.717) is 17.9 Å². The number of nitrogen functional groups attached to an aromatic ring is 1.